The predicted octanol–water partition coefficient (Wildman–Crippen LogP) is 2.74. The van der Waals surface area contributed by atoms with Crippen molar-refractivity contribution in [2.75, 3.05) is 5.73 Å². The van der Waals surface area contributed by atoms with Gasteiger partial charge in [-0.15, -0.1) is 0 Å². The van der Waals surface area contributed by atoms with Gasteiger partial charge in [-0.05, 0) is 29.8 Å². The van der Waals surface area contributed by atoms with Crippen LogP contribution < -0.4 is 11.5 Å². The van der Waals surface area contributed by atoms with Gasteiger partial charge in [0.05, 0.1) is 13.2 Å². The number of carbonyl (C=O) groups is 1. The van der Waals surface area contributed by atoms with Crippen molar-refractivity contribution in [2.45, 2.75) is 13.2 Å². The molecule has 0 unspecified atom stereocenters. The molecule has 0 aliphatic heterocycles. The number of nitrogen functional groups attached to an aromatic ring is 1. The van der Waals surface area contributed by atoms with Gasteiger partial charge >= 0.3 is 0 Å². The molecule has 0 aromatic heterocycles. The van der Waals surface area contributed by atoms with E-state index in [1.165, 1.54) is 0 Å². The van der Waals surface area contributed by atoms with Crippen LogP contribution >= 0.6 is 11.6 Å². The van der Waals surface area contributed by atoms with Crippen LogP contribution in [0.2, 0.25) is 5.02 Å². The Bertz CT molecular complexity index is 629. The molecule has 1 amide bonds. The largest absolute Gasteiger partial charge is 0.398 e. The van der Waals surface area contributed by atoms with Gasteiger partial charge in [-0.1, -0.05) is 29.8 Å². The van der Waals surface area contributed by atoms with Gasteiger partial charge in [0.2, 0.25) is 5.91 Å². The molecular formula is C15H15ClN2O2. The molecule has 0 aliphatic rings. The van der Waals surface area contributed by atoms with Crippen molar-refractivity contribution in [1.29, 1.82) is 0 Å². The van der Waals surface area contributed by atoms with E-state index in [1.807, 2.05) is 24.3 Å². The number of amides is 1. The minimum absolute atomic E-state index is 0.359. The summed E-state index contributed by atoms with van der Waals surface area (Å²) in [6, 6.07) is 12.4. The van der Waals surface area contributed by atoms with Gasteiger partial charge in [0.25, 0.3) is 0 Å². The third kappa shape index (κ3) is 3.73. The van der Waals surface area contributed by atoms with Gasteiger partial charge in [-0.2, -0.15) is 0 Å². The van der Waals surface area contributed by atoms with E-state index in [-0.39, 0.29) is 0 Å². The molecule has 0 aliphatic carbocycles. The highest BCUT2D eigenvalue weighted by molar-refractivity contribution is 6.30. The minimum atomic E-state index is -0.497. The summed E-state index contributed by atoms with van der Waals surface area (Å²) in [7, 11) is 0. The van der Waals surface area contributed by atoms with Crippen molar-refractivity contribution >= 4 is 23.2 Å². The lowest BCUT2D eigenvalue weighted by atomic mass is 10.1. The molecule has 4 nitrogen and oxygen atoms in total. The molecule has 20 heavy (non-hydrogen) atoms. The Morgan fingerprint density at radius 2 is 1.95 bits per heavy atom. The van der Waals surface area contributed by atoms with E-state index in [4.69, 9.17) is 27.8 Å². The van der Waals surface area contributed by atoms with Gasteiger partial charge < -0.3 is 16.2 Å². The number of ether oxygens (including phenoxy) is 1. The summed E-state index contributed by atoms with van der Waals surface area (Å²) < 4.78 is 5.59. The number of benzene rings is 2. The van der Waals surface area contributed by atoms with Crippen molar-refractivity contribution in [1.82, 2.24) is 0 Å². The second-order valence-electron chi connectivity index (χ2n) is 4.40. The Kier molecular flexibility index (Phi) is 4.61. The molecule has 0 radical (unpaired) electrons. The first-order valence-electron chi connectivity index (χ1n) is 6.06. The highest BCUT2D eigenvalue weighted by Crippen LogP contribution is 2.17. The molecule has 2 rings (SSSR count). The zero-order chi connectivity index (χ0) is 14.5. The van der Waals surface area contributed by atoms with Crippen LogP contribution in [0.1, 0.15) is 21.5 Å². The number of hydrogen-bond donors (Lipinski definition) is 2. The standard InChI is InChI=1S/C15H15ClN2O2/c16-13-3-1-2-10(6-13)8-20-9-12-5-4-11(15(18)19)7-14(12)17/h1-7H,8-9,17H2,(H2,18,19). The van der Waals surface area contributed by atoms with E-state index in [1.54, 1.807) is 18.2 Å². The first-order chi connectivity index (χ1) is 9.56. The van der Waals surface area contributed by atoms with Gasteiger partial charge in [-0.25, -0.2) is 0 Å². The maximum absolute atomic E-state index is 11.0. The predicted molar refractivity (Wildman–Crippen MR) is 79.3 cm³/mol. The number of carbonyl (C=O) groups excluding carboxylic acids is 1. The topological polar surface area (TPSA) is 78.3 Å². The Balaban J connectivity index is 1.96. The third-order valence-electron chi connectivity index (χ3n) is 2.85. The fourth-order valence-electron chi connectivity index (χ4n) is 1.79. The van der Waals surface area contributed by atoms with E-state index in [9.17, 15) is 4.79 Å². The van der Waals surface area contributed by atoms with E-state index >= 15 is 0 Å². The van der Waals surface area contributed by atoms with Crippen molar-refractivity contribution in [3.05, 3.63) is 64.2 Å². The summed E-state index contributed by atoms with van der Waals surface area (Å²) in [5.41, 5.74) is 13.7. The first kappa shape index (κ1) is 14.4. The Labute approximate surface area is 122 Å². The van der Waals surface area contributed by atoms with Crippen LogP contribution in [-0.4, -0.2) is 5.91 Å². The fraction of sp³-hybridized carbons (Fsp3) is 0.133. The number of anilines is 1. The van der Waals surface area contributed by atoms with Crippen molar-refractivity contribution in [2.24, 2.45) is 5.73 Å². The van der Waals surface area contributed by atoms with Crippen molar-refractivity contribution < 1.29 is 9.53 Å². The average Bonchev–Trinajstić information content (AvgIpc) is 2.40. The zero-order valence-electron chi connectivity index (χ0n) is 10.8. The van der Waals surface area contributed by atoms with E-state index in [2.05, 4.69) is 0 Å². The average molecular weight is 291 g/mol. The third-order valence-corrected chi connectivity index (χ3v) is 3.08. The van der Waals surface area contributed by atoms with Crippen molar-refractivity contribution in [3.63, 3.8) is 0 Å². The fourth-order valence-corrected chi connectivity index (χ4v) is 2.00. The highest BCUT2D eigenvalue weighted by atomic mass is 35.5. The smallest absolute Gasteiger partial charge is 0.248 e. The molecule has 0 saturated heterocycles. The molecular weight excluding hydrogens is 276 g/mol. The molecule has 4 N–H and O–H groups in total. The minimum Gasteiger partial charge on any atom is -0.398 e. The van der Waals surface area contributed by atoms with Gasteiger partial charge in [-0.3, -0.25) is 4.79 Å². The molecule has 2 aromatic rings. The first-order valence-corrected chi connectivity index (χ1v) is 6.44. The zero-order valence-corrected chi connectivity index (χ0v) is 11.6. The molecule has 0 bridgehead atoms. The molecule has 0 saturated carbocycles. The maximum atomic E-state index is 11.0. The summed E-state index contributed by atoms with van der Waals surface area (Å²) in [5.74, 6) is -0.497. The lowest BCUT2D eigenvalue weighted by Gasteiger charge is -2.08. The maximum Gasteiger partial charge on any atom is 0.248 e. The second-order valence-corrected chi connectivity index (χ2v) is 4.84. The van der Waals surface area contributed by atoms with Crippen LogP contribution in [0.15, 0.2) is 42.5 Å². The molecule has 0 spiro atoms. The SMILES string of the molecule is NC(=O)c1ccc(COCc2cccc(Cl)c2)c(N)c1. The van der Waals surface area contributed by atoms with Gasteiger partial charge in [0, 0.05) is 21.8 Å². The normalized spacial score (nSPS) is 10.4. The number of hydrogen-bond acceptors (Lipinski definition) is 3. The van der Waals surface area contributed by atoms with Crippen LogP contribution in [0.25, 0.3) is 0 Å². The lowest BCUT2D eigenvalue weighted by molar-refractivity contribution is 0.0999. The van der Waals surface area contributed by atoms with E-state index < -0.39 is 5.91 Å². The van der Waals surface area contributed by atoms with E-state index in [0.29, 0.717) is 29.5 Å². The molecule has 0 heterocycles. The monoisotopic (exact) mass is 290 g/mol. The second kappa shape index (κ2) is 6.41. The molecule has 104 valence electrons. The van der Waals surface area contributed by atoms with Crippen LogP contribution in [0, 0.1) is 0 Å². The summed E-state index contributed by atoms with van der Waals surface area (Å²) in [6.45, 7) is 0.801. The quantitative estimate of drug-likeness (QED) is 0.831. The van der Waals surface area contributed by atoms with Gasteiger partial charge in [0.1, 0.15) is 0 Å². The number of halogens is 1. The number of nitrogens with two attached hydrogens (primary N) is 2. The van der Waals surface area contributed by atoms with Crippen LogP contribution in [-0.2, 0) is 18.0 Å². The number of primary amides is 1. The van der Waals surface area contributed by atoms with Gasteiger partial charge in [0.15, 0.2) is 0 Å². The summed E-state index contributed by atoms with van der Waals surface area (Å²) in [6.07, 6.45) is 0. The molecule has 2 aromatic carbocycles. The molecule has 0 atom stereocenters. The highest BCUT2D eigenvalue weighted by Gasteiger charge is 2.05. The molecule has 0 fully saturated rings. The van der Waals surface area contributed by atoms with Crippen LogP contribution in [0.5, 0.6) is 0 Å². The molecule has 5 heteroatoms. The number of rotatable bonds is 5. The van der Waals surface area contributed by atoms with E-state index in [0.717, 1.165) is 11.1 Å². The van der Waals surface area contributed by atoms with Crippen LogP contribution in [0.3, 0.4) is 0 Å². The lowest BCUT2D eigenvalue weighted by Crippen LogP contribution is -2.11. The Morgan fingerprint density at radius 3 is 2.60 bits per heavy atom. The summed E-state index contributed by atoms with van der Waals surface area (Å²) in [5, 5.41) is 0.677. The van der Waals surface area contributed by atoms with Crippen molar-refractivity contribution in [3.8, 4) is 0 Å². The Morgan fingerprint density at radius 1 is 1.15 bits per heavy atom. The van der Waals surface area contributed by atoms with Crippen LogP contribution in [0.4, 0.5) is 5.69 Å². The summed E-state index contributed by atoms with van der Waals surface area (Å²) in [4.78, 5) is 11.0. The summed E-state index contributed by atoms with van der Waals surface area (Å²) >= 11 is 5.89. The Hall–Kier alpha value is -2.04.